The monoisotopic (exact) mass is 246 g/mol. The van der Waals surface area contributed by atoms with Gasteiger partial charge in [-0.25, -0.2) is 0 Å². The van der Waals surface area contributed by atoms with Crippen LogP contribution in [0.4, 0.5) is 0 Å². The molecular weight excluding hydrogens is 220 g/mol. The highest BCUT2D eigenvalue weighted by Crippen LogP contribution is 2.30. The summed E-state index contributed by atoms with van der Waals surface area (Å²) in [5.41, 5.74) is 7.60. The topological polar surface area (TPSA) is 29.3 Å². The Morgan fingerprint density at radius 2 is 2.00 bits per heavy atom. The van der Waals surface area contributed by atoms with E-state index in [2.05, 4.69) is 49.1 Å². The third-order valence-electron chi connectivity index (χ3n) is 4.35. The van der Waals surface area contributed by atoms with E-state index in [-0.39, 0.29) is 0 Å². The molecule has 0 spiro atoms. The van der Waals surface area contributed by atoms with Crippen LogP contribution in [-0.4, -0.2) is 30.1 Å². The first-order chi connectivity index (χ1) is 8.62. The molecular formula is C16H26N2. The number of piperidine rings is 1. The van der Waals surface area contributed by atoms with E-state index in [1.807, 2.05) is 0 Å². The molecule has 2 nitrogen and oxygen atoms in total. The summed E-state index contributed by atoms with van der Waals surface area (Å²) in [6.07, 6.45) is 3.69. The molecule has 1 aliphatic heterocycles. The minimum absolute atomic E-state index is 0.334. The minimum atomic E-state index is 0.334. The molecule has 0 aliphatic carbocycles. The summed E-state index contributed by atoms with van der Waals surface area (Å²) in [5, 5.41) is 0. The molecule has 1 saturated heterocycles. The van der Waals surface area contributed by atoms with E-state index in [0.717, 1.165) is 26.1 Å². The predicted octanol–water partition coefficient (Wildman–Crippen LogP) is 2.68. The summed E-state index contributed by atoms with van der Waals surface area (Å²) >= 11 is 0. The normalized spacial score (nSPS) is 24.1. The van der Waals surface area contributed by atoms with Gasteiger partial charge in [-0.2, -0.15) is 0 Å². The Morgan fingerprint density at radius 3 is 2.67 bits per heavy atom. The van der Waals surface area contributed by atoms with Gasteiger partial charge < -0.3 is 5.73 Å². The number of nitrogens with two attached hydrogens (primary N) is 1. The zero-order chi connectivity index (χ0) is 13.0. The summed E-state index contributed by atoms with van der Waals surface area (Å²) in [6, 6.07) is 10.8. The quantitative estimate of drug-likeness (QED) is 0.885. The van der Waals surface area contributed by atoms with Gasteiger partial charge in [-0.15, -0.1) is 0 Å². The van der Waals surface area contributed by atoms with E-state index in [1.54, 1.807) is 0 Å². The molecule has 1 fully saturated rings. The number of benzene rings is 1. The van der Waals surface area contributed by atoms with E-state index in [0.29, 0.717) is 11.5 Å². The smallest absolute Gasteiger partial charge is 0.0153 e. The van der Waals surface area contributed by atoms with Crippen LogP contribution in [0.5, 0.6) is 0 Å². The number of nitrogens with zero attached hydrogens (tertiary/aromatic N) is 1. The Kier molecular flexibility index (Phi) is 4.41. The molecule has 1 aromatic carbocycles. The van der Waals surface area contributed by atoms with Gasteiger partial charge in [0.05, 0.1) is 0 Å². The molecule has 1 heterocycles. The van der Waals surface area contributed by atoms with E-state index in [4.69, 9.17) is 5.73 Å². The molecule has 1 atom stereocenters. The lowest BCUT2D eigenvalue weighted by atomic mass is 9.84. The zero-order valence-electron chi connectivity index (χ0n) is 11.7. The maximum absolute atomic E-state index is 5.83. The van der Waals surface area contributed by atoms with Crippen molar-refractivity contribution in [2.75, 3.05) is 19.6 Å². The molecule has 100 valence electrons. The first-order valence-electron chi connectivity index (χ1n) is 7.11. The maximum atomic E-state index is 5.83. The number of hydrogen-bond acceptors (Lipinski definition) is 2. The molecule has 0 aromatic heterocycles. The standard InChI is InChI=1S/C16H26N2/c1-16(2)10-8-15(12-17)13-18(16)11-9-14-6-4-3-5-7-14/h3-7,15H,8-13,17H2,1-2H3. The van der Waals surface area contributed by atoms with Crippen LogP contribution in [0, 0.1) is 5.92 Å². The van der Waals surface area contributed by atoms with Crippen molar-refractivity contribution < 1.29 is 0 Å². The fourth-order valence-corrected chi connectivity index (χ4v) is 2.86. The van der Waals surface area contributed by atoms with E-state index in [9.17, 15) is 0 Å². The summed E-state index contributed by atoms with van der Waals surface area (Å²) in [6.45, 7) is 7.87. The number of likely N-dealkylation sites (tertiary alicyclic amines) is 1. The van der Waals surface area contributed by atoms with Crippen molar-refractivity contribution in [2.45, 2.75) is 38.6 Å². The van der Waals surface area contributed by atoms with Gasteiger partial charge >= 0.3 is 0 Å². The lowest BCUT2D eigenvalue weighted by Gasteiger charge is -2.45. The molecule has 0 bridgehead atoms. The summed E-state index contributed by atoms with van der Waals surface area (Å²) in [7, 11) is 0. The van der Waals surface area contributed by atoms with Crippen LogP contribution in [-0.2, 0) is 6.42 Å². The van der Waals surface area contributed by atoms with Crippen molar-refractivity contribution in [3.05, 3.63) is 35.9 Å². The number of rotatable bonds is 4. The molecule has 0 saturated carbocycles. The van der Waals surface area contributed by atoms with E-state index in [1.165, 1.54) is 18.4 Å². The second-order valence-electron chi connectivity index (χ2n) is 6.13. The van der Waals surface area contributed by atoms with Crippen LogP contribution in [0.2, 0.25) is 0 Å². The van der Waals surface area contributed by atoms with Crippen molar-refractivity contribution in [1.82, 2.24) is 4.90 Å². The van der Waals surface area contributed by atoms with Crippen molar-refractivity contribution in [1.29, 1.82) is 0 Å². The number of hydrogen-bond donors (Lipinski definition) is 1. The fourth-order valence-electron chi connectivity index (χ4n) is 2.86. The average Bonchev–Trinajstić information content (AvgIpc) is 2.38. The van der Waals surface area contributed by atoms with E-state index >= 15 is 0 Å². The SMILES string of the molecule is CC1(C)CCC(CN)CN1CCc1ccccc1. The highest BCUT2D eigenvalue weighted by Gasteiger charge is 2.33. The van der Waals surface area contributed by atoms with Crippen LogP contribution < -0.4 is 5.73 Å². The Morgan fingerprint density at radius 1 is 1.28 bits per heavy atom. The third-order valence-corrected chi connectivity index (χ3v) is 4.35. The van der Waals surface area contributed by atoms with Crippen LogP contribution in [0.15, 0.2) is 30.3 Å². The van der Waals surface area contributed by atoms with Crippen molar-refractivity contribution in [3.8, 4) is 0 Å². The fraction of sp³-hybridized carbons (Fsp3) is 0.625. The lowest BCUT2D eigenvalue weighted by molar-refractivity contribution is 0.0488. The Balaban J connectivity index is 1.93. The Hall–Kier alpha value is -0.860. The molecule has 18 heavy (non-hydrogen) atoms. The Bertz CT molecular complexity index is 359. The van der Waals surface area contributed by atoms with Crippen LogP contribution in [0.3, 0.4) is 0 Å². The molecule has 1 aliphatic rings. The first kappa shape index (κ1) is 13.6. The molecule has 2 rings (SSSR count). The first-order valence-corrected chi connectivity index (χ1v) is 7.11. The highest BCUT2D eigenvalue weighted by molar-refractivity contribution is 5.15. The van der Waals surface area contributed by atoms with Gasteiger partial charge in [-0.1, -0.05) is 30.3 Å². The molecule has 2 heteroatoms. The molecule has 1 unspecified atom stereocenters. The summed E-state index contributed by atoms with van der Waals surface area (Å²) in [5.74, 6) is 0.689. The largest absolute Gasteiger partial charge is 0.330 e. The molecule has 0 amide bonds. The lowest BCUT2D eigenvalue weighted by Crippen LogP contribution is -2.52. The molecule has 2 N–H and O–H groups in total. The second kappa shape index (κ2) is 5.85. The maximum Gasteiger partial charge on any atom is 0.0153 e. The van der Waals surface area contributed by atoms with Gasteiger partial charge in [0, 0.05) is 18.6 Å². The van der Waals surface area contributed by atoms with Crippen LogP contribution in [0.1, 0.15) is 32.3 Å². The van der Waals surface area contributed by atoms with Crippen molar-refractivity contribution >= 4 is 0 Å². The average molecular weight is 246 g/mol. The molecule has 1 aromatic rings. The van der Waals surface area contributed by atoms with Gasteiger partial charge in [0.1, 0.15) is 0 Å². The summed E-state index contributed by atoms with van der Waals surface area (Å²) < 4.78 is 0. The zero-order valence-corrected chi connectivity index (χ0v) is 11.7. The van der Waals surface area contributed by atoms with Gasteiger partial charge in [0.25, 0.3) is 0 Å². The van der Waals surface area contributed by atoms with Crippen LogP contribution in [0.25, 0.3) is 0 Å². The Labute approximate surface area is 111 Å². The summed E-state index contributed by atoms with van der Waals surface area (Å²) in [4.78, 5) is 2.63. The predicted molar refractivity (Wildman–Crippen MR) is 77.6 cm³/mol. The van der Waals surface area contributed by atoms with Gasteiger partial charge in [-0.3, -0.25) is 4.90 Å². The highest BCUT2D eigenvalue weighted by atomic mass is 15.2. The minimum Gasteiger partial charge on any atom is -0.330 e. The van der Waals surface area contributed by atoms with Gasteiger partial charge in [0.2, 0.25) is 0 Å². The third kappa shape index (κ3) is 3.33. The van der Waals surface area contributed by atoms with Gasteiger partial charge in [-0.05, 0) is 51.1 Å². The van der Waals surface area contributed by atoms with E-state index < -0.39 is 0 Å². The van der Waals surface area contributed by atoms with Crippen molar-refractivity contribution in [2.24, 2.45) is 11.7 Å². The second-order valence-corrected chi connectivity index (χ2v) is 6.13. The van der Waals surface area contributed by atoms with Crippen molar-refractivity contribution in [3.63, 3.8) is 0 Å². The van der Waals surface area contributed by atoms with Crippen LogP contribution >= 0.6 is 0 Å². The van der Waals surface area contributed by atoms with Gasteiger partial charge in [0.15, 0.2) is 0 Å². The molecule has 0 radical (unpaired) electrons.